The largest absolute Gasteiger partial charge is 0.389 e. The number of hydrogen-bond donors (Lipinski definition) is 1. The quantitative estimate of drug-likeness (QED) is 0.811. The zero-order valence-corrected chi connectivity index (χ0v) is 9.61. The molecule has 0 spiro atoms. The SMILES string of the molecule is Cc1ccc(C(C)(O)CCC(F)(F)F)cc1F. The minimum Gasteiger partial charge on any atom is -0.385 e. The van der Waals surface area contributed by atoms with Crippen LogP contribution in [0.5, 0.6) is 0 Å². The second-order valence-electron chi connectivity index (χ2n) is 4.35. The summed E-state index contributed by atoms with van der Waals surface area (Å²) in [5.41, 5.74) is -1.13. The molecule has 1 atom stereocenters. The molecule has 0 aliphatic heterocycles. The highest BCUT2D eigenvalue weighted by Crippen LogP contribution is 2.32. The van der Waals surface area contributed by atoms with Gasteiger partial charge in [-0.2, -0.15) is 13.2 Å². The van der Waals surface area contributed by atoms with Crippen LogP contribution in [0.1, 0.15) is 30.9 Å². The average molecular weight is 250 g/mol. The highest BCUT2D eigenvalue weighted by atomic mass is 19.4. The van der Waals surface area contributed by atoms with Gasteiger partial charge in [0, 0.05) is 6.42 Å². The molecule has 1 unspecified atom stereocenters. The van der Waals surface area contributed by atoms with Crippen LogP contribution >= 0.6 is 0 Å². The fraction of sp³-hybridized carbons (Fsp3) is 0.500. The molecule has 17 heavy (non-hydrogen) atoms. The number of aryl methyl sites for hydroxylation is 1. The van der Waals surface area contributed by atoms with Gasteiger partial charge in [0.2, 0.25) is 0 Å². The van der Waals surface area contributed by atoms with Crippen molar-refractivity contribution in [3.63, 3.8) is 0 Å². The van der Waals surface area contributed by atoms with Crippen molar-refractivity contribution >= 4 is 0 Å². The predicted octanol–water partition coefficient (Wildman–Crippen LogP) is 3.68. The lowest BCUT2D eigenvalue weighted by atomic mass is 9.90. The van der Waals surface area contributed by atoms with Crippen molar-refractivity contribution in [1.82, 2.24) is 0 Å². The summed E-state index contributed by atoms with van der Waals surface area (Å²) < 4.78 is 49.4. The van der Waals surface area contributed by atoms with Gasteiger partial charge in [-0.15, -0.1) is 0 Å². The summed E-state index contributed by atoms with van der Waals surface area (Å²) in [5.74, 6) is -0.533. The Bertz CT molecular complexity index is 396. The molecular formula is C12H14F4O. The molecule has 1 nitrogen and oxygen atoms in total. The molecule has 0 aromatic heterocycles. The van der Waals surface area contributed by atoms with Gasteiger partial charge in [0.15, 0.2) is 0 Å². The summed E-state index contributed by atoms with van der Waals surface area (Å²) in [5, 5.41) is 9.90. The topological polar surface area (TPSA) is 20.2 Å². The molecule has 0 heterocycles. The fourth-order valence-corrected chi connectivity index (χ4v) is 1.46. The van der Waals surface area contributed by atoms with E-state index in [1.807, 2.05) is 0 Å². The van der Waals surface area contributed by atoms with E-state index in [0.29, 0.717) is 5.56 Å². The molecule has 1 aromatic carbocycles. The number of rotatable bonds is 3. The van der Waals surface area contributed by atoms with Crippen molar-refractivity contribution in [2.75, 3.05) is 0 Å². The minimum absolute atomic E-state index is 0.157. The monoisotopic (exact) mass is 250 g/mol. The predicted molar refractivity (Wildman–Crippen MR) is 56.0 cm³/mol. The fourth-order valence-electron chi connectivity index (χ4n) is 1.46. The van der Waals surface area contributed by atoms with E-state index in [1.54, 1.807) is 6.92 Å². The van der Waals surface area contributed by atoms with E-state index in [-0.39, 0.29) is 5.56 Å². The van der Waals surface area contributed by atoms with Gasteiger partial charge >= 0.3 is 6.18 Å². The first-order chi connectivity index (χ1) is 7.62. The first-order valence-electron chi connectivity index (χ1n) is 5.17. The van der Waals surface area contributed by atoms with Crippen LogP contribution in [0, 0.1) is 12.7 Å². The molecule has 0 saturated carbocycles. The summed E-state index contributed by atoms with van der Waals surface area (Å²) in [6.45, 7) is 2.80. The zero-order chi connectivity index (χ0) is 13.3. The van der Waals surface area contributed by atoms with E-state index in [0.717, 1.165) is 6.07 Å². The number of hydrogen-bond acceptors (Lipinski definition) is 1. The highest BCUT2D eigenvalue weighted by molar-refractivity contribution is 5.27. The first-order valence-corrected chi connectivity index (χ1v) is 5.17. The Hall–Kier alpha value is -1.10. The molecule has 1 rings (SSSR count). The van der Waals surface area contributed by atoms with E-state index < -0.39 is 30.4 Å². The Morgan fingerprint density at radius 1 is 1.18 bits per heavy atom. The van der Waals surface area contributed by atoms with E-state index in [2.05, 4.69) is 0 Å². The van der Waals surface area contributed by atoms with Gasteiger partial charge in [-0.3, -0.25) is 0 Å². The summed E-state index contributed by atoms with van der Waals surface area (Å²) in [4.78, 5) is 0. The Morgan fingerprint density at radius 3 is 2.24 bits per heavy atom. The standard InChI is InChI=1S/C12H14F4O/c1-8-3-4-9(7-10(8)13)11(2,17)5-6-12(14,15)16/h3-4,7,17H,5-6H2,1-2H3. The molecule has 96 valence electrons. The van der Waals surface area contributed by atoms with Gasteiger partial charge < -0.3 is 5.11 Å². The van der Waals surface area contributed by atoms with Gasteiger partial charge in [0.25, 0.3) is 0 Å². The van der Waals surface area contributed by atoms with Crippen LogP contribution in [0.15, 0.2) is 18.2 Å². The molecule has 0 aliphatic rings. The number of halogens is 4. The molecule has 0 bridgehead atoms. The number of aliphatic hydroxyl groups is 1. The number of alkyl halides is 3. The third-order valence-corrected chi connectivity index (χ3v) is 2.69. The lowest BCUT2D eigenvalue weighted by Crippen LogP contribution is -2.24. The van der Waals surface area contributed by atoms with Crippen LogP contribution in [0.25, 0.3) is 0 Å². The Labute approximate surface area is 97.1 Å². The third kappa shape index (κ3) is 4.00. The molecule has 0 amide bonds. The van der Waals surface area contributed by atoms with Crippen LogP contribution in [0.2, 0.25) is 0 Å². The Morgan fingerprint density at radius 2 is 1.76 bits per heavy atom. The van der Waals surface area contributed by atoms with E-state index >= 15 is 0 Å². The average Bonchev–Trinajstić information content (AvgIpc) is 2.18. The maximum absolute atomic E-state index is 13.3. The van der Waals surface area contributed by atoms with Gasteiger partial charge in [-0.05, 0) is 37.5 Å². The van der Waals surface area contributed by atoms with Crippen molar-refractivity contribution in [3.05, 3.63) is 35.1 Å². The lowest BCUT2D eigenvalue weighted by molar-refractivity contribution is -0.146. The minimum atomic E-state index is -4.33. The van der Waals surface area contributed by atoms with Gasteiger partial charge in [-0.1, -0.05) is 12.1 Å². The van der Waals surface area contributed by atoms with Crippen LogP contribution in [0.4, 0.5) is 17.6 Å². The van der Waals surface area contributed by atoms with E-state index in [4.69, 9.17) is 0 Å². The van der Waals surface area contributed by atoms with E-state index in [1.165, 1.54) is 19.1 Å². The maximum atomic E-state index is 13.3. The smallest absolute Gasteiger partial charge is 0.385 e. The molecule has 0 saturated heterocycles. The van der Waals surface area contributed by atoms with Crippen molar-refractivity contribution in [2.45, 2.75) is 38.5 Å². The molecule has 0 aliphatic carbocycles. The second kappa shape index (κ2) is 4.64. The van der Waals surface area contributed by atoms with Crippen LogP contribution in [0.3, 0.4) is 0 Å². The molecule has 1 aromatic rings. The van der Waals surface area contributed by atoms with Crippen molar-refractivity contribution in [2.24, 2.45) is 0 Å². The van der Waals surface area contributed by atoms with Gasteiger partial charge in [-0.25, -0.2) is 4.39 Å². The summed E-state index contributed by atoms with van der Waals surface area (Å²) in [7, 11) is 0. The molecule has 5 heteroatoms. The van der Waals surface area contributed by atoms with Gasteiger partial charge in [0.05, 0.1) is 5.60 Å². The third-order valence-electron chi connectivity index (χ3n) is 2.69. The van der Waals surface area contributed by atoms with Crippen molar-refractivity contribution < 1.29 is 22.7 Å². The molecule has 1 N–H and O–H groups in total. The lowest BCUT2D eigenvalue weighted by Gasteiger charge is -2.24. The van der Waals surface area contributed by atoms with Crippen LogP contribution in [-0.4, -0.2) is 11.3 Å². The van der Waals surface area contributed by atoms with Crippen molar-refractivity contribution in [1.29, 1.82) is 0 Å². The molecule has 0 radical (unpaired) electrons. The van der Waals surface area contributed by atoms with Crippen LogP contribution in [-0.2, 0) is 5.60 Å². The van der Waals surface area contributed by atoms with Crippen LogP contribution < -0.4 is 0 Å². The van der Waals surface area contributed by atoms with Gasteiger partial charge in [0.1, 0.15) is 5.82 Å². The Balaban J connectivity index is 2.85. The molecule has 0 fully saturated rings. The normalized spacial score (nSPS) is 15.7. The first kappa shape index (κ1) is 14.0. The summed E-state index contributed by atoms with van der Waals surface area (Å²) >= 11 is 0. The molecular weight excluding hydrogens is 236 g/mol. The van der Waals surface area contributed by atoms with E-state index in [9.17, 15) is 22.7 Å². The second-order valence-corrected chi connectivity index (χ2v) is 4.35. The summed E-state index contributed by atoms with van der Waals surface area (Å²) in [6.07, 6.45) is -5.91. The summed E-state index contributed by atoms with van der Waals surface area (Å²) in [6, 6.07) is 3.95. The number of benzene rings is 1. The maximum Gasteiger partial charge on any atom is 0.389 e. The zero-order valence-electron chi connectivity index (χ0n) is 9.61. The van der Waals surface area contributed by atoms with Crippen molar-refractivity contribution in [3.8, 4) is 0 Å². The highest BCUT2D eigenvalue weighted by Gasteiger charge is 2.33. The Kier molecular flexibility index (Phi) is 3.81.